The van der Waals surface area contributed by atoms with Gasteiger partial charge in [0.2, 0.25) is 5.91 Å². The van der Waals surface area contributed by atoms with E-state index in [4.69, 9.17) is 4.74 Å². The van der Waals surface area contributed by atoms with E-state index in [9.17, 15) is 22.8 Å². The smallest absolute Gasteiger partial charge is 0.434 e. The number of hydrogen-bond donors (Lipinski definition) is 1. The van der Waals surface area contributed by atoms with Crippen LogP contribution in [0.15, 0.2) is 60.9 Å². The lowest BCUT2D eigenvalue weighted by molar-refractivity contribution is -0.143. The van der Waals surface area contributed by atoms with Gasteiger partial charge in [0.05, 0.1) is 30.4 Å². The molecule has 0 unspecified atom stereocenters. The number of anilines is 1. The molecule has 12 heteroatoms. The molecule has 180 valence electrons. The maximum Gasteiger partial charge on any atom is 0.434 e. The molecule has 0 fully saturated rings. The van der Waals surface area contributed by atoms with Crippen LogP contribution in [0, 0.1) is 0 Å². The van der Waals surface area contributed by atoms with Crippen molar-refractivity contribution in [2.24, 2.45) is 0 Å². The summed E-state index contributed by atoms with van der Waals surface area (Å²) >= 11 is 0. The molecular weight excluding hydrogens is 465 g/mol. The third kappa shape index (κ3) is 5.05. The number of ether oxygens (including phenoxy) is 1. The van der Waals surface area contributed by atoms with Crippen LogP contribution >= 0.6 is 0 Å². The molecule has 0 bridgehead atoms. The lowest BCUT2D eigenvalue weighted by Crippen LogP contribution is -2.18. The van der Waals surface area contributed by atoms with Crippen LogP contribution in [0.5, 0.6) is 0 Å². The van der Waals surface area contributed by atoms with Crippen molar-refractivity contribution in [3.63, 3.8) is 0 Å². The molecule has 0 saturated heterocycles. The molecule has 0 aliphatic heterocycles. The molecule has 0 aliphatic carbocycles. The maximum absolute atomic E-state index is 13.7. The van der Waals surface area contributed by atoms with Crippen molar-refractivity contribution >= 4 is 17.6 Å². The third-order valence-corrected chi connectivity index (χ3v) is 4.87. The number of hydrogen-bond acceptors (Lipinski definition) is 6. The second kappa shape index (κ2) is 9.41. The van der Waals surface area contributed by atoms with Crippen molar-refractivity contribution in [3.05, 3.63) is 72.2 Å². The zero-order chi connectivity index (χ0) is 25.2. The Morgan fingerprint density at radius 1 is 1.09 bits per heavy atom. The molecule has 35 heavy (non-hydrogen) atoms. The third-order valence-electron chi connectivity index (χ3n) is 4.87. The first-order valence-electron chi connectivity index (χ1n) is 10.4. The van der Waals surface area contributed by atoms with Gasteiger partial charge in [-0.1, -0.05) is 23.4 Å². The second-order valence-corrected chi connectivity index (χ2v) is 7.36. The summed E-state index contributed by atoms with van der Waals surface area (Å²) in [5.41, 5.74) is 0.561. The minimum atomic E-state index is -4.83. The first kappa shape index (κ1) is 23.7. The zero-order valence-corrected chi connectivity index (χ0v) is 18.6. The van der Waals surface area contributed by atoms with E-state index < -0.39 is 23.4 Å². The lowest BCUT2D eigenvalue weighted by atomic mass is 10.1. The molecule has 4 rings (SSSR count). The number of amides is 1. The number of nitrogens with zero attached hydrogens (tertiary/aromatic N) is 5. The fraction of sp³-hybridized carbons (Fsp3) is 0.174. The van der Waals surface area contributed by atoms with E-state index in [1.54, 1.807) is 42.6 Å². The Labute approximate surface area is 197 Å². The molecule has 1 amide bonds. The predicted molar refractivity (Wildman–Crippen MR) is 119 cm³/mol. The average Bonchev–Trinajstić information content (AvgIpc) is 3.47. The monoisotopic (exact) mass is 484 g/mol. The first-order chi connectivity index (χ1) is 16.7. The van der Waals surface area contributed by atoms with E-state index in [-0.39, 0.29) is 18.2 Å². The van der Waals surface area contributed by atoms with Crippen molar-refractivity contribution in [1.29, 1.82) is 0 Å². The number of nitrogens with one attached hydrogen (secondary N) is 1. The Balaban J connectivity index is 1.62. The standard InChI is InChI=1S/C23H19F3N6O3/c1-3-35-22(34)19-12-27-32(21(19)23(24,25)26)17-9-7-15(8-10-17)20-13-31(30-29-20)18-6-4-5-16(11-18)28-14(2)33/h4-13H,3H2,1-2H3,(H,28,33). The molecule has 2 heterocycles. The van der Waals surface area contributed by atoms with Gasteiger partial charge in [0.15, 0.2) is 5.69 Å². The Morgan fingerprint density at radius 2 is 1.83 bits per heavy atom. The molecular formula is C23H19F3N6O3. The van der Waals surface area contributed by atoms with Crippen LogP contribution in [0.25, 0.3) is 22.6 Å². The summed E-state index contributed by atoms with van der Waals surface area (Å²) < 4.78 is 48.1. The van der Waals surface area contributed by atoms with Gasteiger partial charge in [0, 0.05) is 18.2 Å². The highest BCUT2D eigenvalue weighted by molar-refractivity contribution is 5.91. The van der Waals surface area contributed by atoms with E-state index in [1.807, 2.05) is 0 Å². The molecule has 9 nitrogen and oxygen atoms in total. The molecule has 0 atom stereocenters. The number of carbonyl (C=O) groups is 2. The topological polar surface area (TPSA) is 104 Å². The van der Waals surface area contributed by atoms with E-state index in [1.165, 1.54) is 30.7 Å². The van der Waals surface area contributed by atoms with E-state index in [0.717, 1.165) is 6.20 Å². The minimum absolute atomic E-state index is 0.0613. The maximum atomic E-state index is 13.7. The number of carbonyl (C=O) groups excluding carboxylic acids is 2. The van der Waals surface area contributed by atoms with Crippen LogP contribution in [0.2, 0.25) is 0 Å². The Hall–Kier alpha value is -4.48. The van der Waals surface area contributed by atoms with Crippen molar-refractivity contribution in [2.45, 2.75) is 20.0 Å². The molecule has 4 aromatic rings. The molecule has 0 aliphatic rings. The van der Waals surface area contributed by atoms with Gasteiger partial charge < -0.3 is 10.1 Å². The van der Waals surface area contributed by atoms with E-state index >= 15 is 0 Å². The fourth-order valence-electron chi connectivity index (χ4n) is 3.40. The lowest BCUT2D eigenvalue weighted by Gasteiger charge is -2.12. The summed E-state index contributed by atoms with van der Waals surface area (Å²) in [4.78, 5) is 23.3. The van der Waals surface area contributed by atoms with Gasteiger partial charge in [0.1, 0.15) is 11.3 Å². The van der Waals surface area contributed by atoms with E-state index in [2.05, 4.69) is 20.7 Å². The molecule has 0 spiro atoms. The number of alkyl halides is 3. The molecule has 2 aromatic heterocycles. The number of benzene rings is 2. The minimum Gasteiger partial charge on any atom is -0.462 e. The normalized spacial score (nSPS) is 11.3. The predicted octanol–water partition coefficient (Wildman–Crippen LogP) is 4.27. The highest BCUT2D eigenvalue weighted by Crippen LogP contribution is 2.34. The zero-order valence-electron chi connectivity index (χ0n) is 18.6. The highest BCUT2D eigenvalue weighted by Gasteiger charge is 2.41. The van der Waals surface area contributed by atoms with Gasteiger partial charge in [-0.2, -0.15) is 18.3 Å². The number of halogens is 3. The molecule has 0 saturated carbocycles. The number of rotatable bonds is 6. The summed E-state index contributed by atoms with van der Waals surface area (Å²) in [6.07, 6.45) is -2.34. The van der Waals surface area contributed by atoms with Crippen molar-refractivity contribution in [3.8, 4) is 22.6 Å². The van der Waals surface area contributed by atoms with Crippen LogP contribution in [0.1, 0.15) is 29.9 Å². The summed E-state index contributed by atoms with van der Waals surface area (Å²) in [7, 11) is 0. The Bertz CT molecular complexity index is 1380. The Kier molecular flexibility index (Phi) is 6.36. The molecule has 0 radical (unpaired) electrons. The summed E-state index contributed by atoms with van der Waals surface area (Å²) in [5.74, 6) is -1.30. The van der Waals surface area contributed by atoms with Crippen molar-refractivity contribution in [2.75, 3.05) is 11.9 Å². The Morgan fingerprint density at radius 3 is 2.49 bits per heavy atom. The molecule has 1 N–H and O–H groups in total. The summed E-state index contributed by atoms with van der Waals surface area (Å²) in [6.45, 7) is 2.85. The van der Waals surface area contributed by atoms with Crippen LogP contribution in [0.4, 0.5) is 18.9 Å². The van der Waals surface area contributed by atoms with Crippen LogP contribution < -0.4 is 5.32 Å². The van der Waals surface area contributed by atoms with Crippen LogP contribution in [-0.4, -0.2) is 43.3 Å². The SMILES string of the molecule is CCOC(=O)c1cnn(-c2ccc(-c3cn(-c4cccc(NC(C)=O)c4)nn3)cc2)c1C(F)(F)F. The van der Waals surface area contributed by atoms with E-state index in [0.29, 0.717) is 27.3 Å². The van der Waals surface area contributed by atoms with Crippen LogP contribution in [0.3, 0.4) is 0 Å². The quantitative estimate of drug-likeness (QED) is 0.410. The van der Waals surface area contributed by atoms with Gasteiger partial charge in [-0.05, 0) is 37.3 Å². The van der Waals surface area contributed by atoms with Crippen LogP contribution in [-0.2, 0) is 15.7 Å². The first-order valence-corrected chi connectivity index (χ1v) is 10.4. The van der Waals surface area contributed by atoms with Gasteiger partial charge >= 0.3 is 12.1 Å². The largest absolute Gasteiger partial charge is 0.462 e. The van der Waals surface area contributed by atoms with Gasteiger partial charge in [-0.15, -0.1) is 5.10 Å². The highest BCUT2D eigenvalue weighted by atomic mass is 19.4. The fourth-order valence-corrected chi connectivity index (χ4v) is 3.40. The average molecular weight is 484 g/mol. The second-order valence-electron chi connectivity index (χ2n) is 7.36. The molecule has 2 aromatic carbocycles. The van der Waals surface area contributed by atoms with Crippen molar-refractivity contribution < 1.29 is 27.5 Å². The number of aromatic nitrogens is 5. The van der Waals surface area contributed by atoms with Gasteiger partial charge in [-0.25, -0.2) is 14.2 Å². The summed E-state index contributed by atoms with van der Waals surface area (Å²) in [6, 6.07) is 13.0. The van der Waals surface area contributed by atoms with Gasteiger partial charge in [0.25, 0.3) is 0 Å². The van der Waals surface area contributed by atoms with Crippen molar-refractivity contribution in [1.82, 2.24) is 24.8 Å². The summed E-state index contributed by atoms with van der Waals surface area (Å²) in [5, 5.41) is 14.7. The van der Waals surface area contributed by atoms with Gasteiger partial charge in [-0.3, -0.25) is 4.79 Å². The number of esters is 1.